The van der Waals surface area contributed by atoms with Crippen LogP contribution in [0.3, 0.4) is 0 Å². The van der Waals surface area contributed by atoms with Crippen LogP contribution in [0.4, 0.5) is 5.69 Å². The fourth-order valence-corrected chi connectivity index (χ4v) is 3.90. The summed E-state index contributed by atoms with van der Waals surface area (Å²) in [5.41, 5.74) is 8.35. The number of nitrogens with zero attached hydrogens (tertiary/aromatic N) is 1. The summed E-state index contributed by atoms with van der Waals surface area (Å²) < 4.78 is 0. The molecule has 0 fully saturated rings. The highest BCUT2D eigenvalue weighted by atomic mass is 15.1. The quantitative estimate of drug-likeness (QED) is 0.606. The Bertz CT molecular complexity index is 878. The second kappa shape index (κ2) is 5.52. The van der Waals surface area contributed by atoms with E-state index in [1.807, 2.05) is 0 Å². The van der Waals surface area contributed by atoms with Gasteiger partial charge in [-0.15, -0.1) is 0 Å². The van der Waals surface area contributed by atoms with E-state index < -0.39 is 0 Å². The van der Waals surface area contributed by atoms with Crippen molar-refractivity contribution in [1.82, 2.24) is 0 Å². The second-order valence-corrected chi connectivity index (χ2v) is 7.24. The van der Waals surface area contributed by atoms with Crippen molar-refractivity contribution in [2.45, 2.75) is 25.8 Å². The van der Waals surface area contributed by atoms with E-state index in [0.717, 1.165) is 6.54 Å². The average molecular weight is 313 g/mol. The van der Waals surface area contributed by atoms with Crippen molar-refractivity contribution in [3.63, 3.8) is 0 Å². The highest BCUT2D eigenvalue weighted by Crippen LogP contribution is 2.48. The molecule has 0 saturated heterocycles. The Morgan fingerprint density at radius 3 is 2.21 bits per heavy atom. The molecule has 3 aromatic rings. The zero-order valence-corrected chi connectivity index (χ0v) is 14.6. The summed E-state index contributed by atoms with van der Waals surface area (Å²) in [6, 6.07) is 26.3. The van der Waals surface area contributed by atoms with Crippen LogP contribution in [0.1, 0.15) is 30.5 Å². The number of anilines is 1. The summed E-state index contributed by atoms with van der Waals surface area (Å²) in [5, 5.41) is 0. The molecule has 1 aliphatic rings. The van der Waals surface area contributed by atoms with Crippen molar-refractivity contribution < 1.29 is 0 Å². The largest absolute Gasteiger partial charge is 0.370 e. The lowest BCUT2D eigenvalue weighted by atomic mass is 9.82. The molecule has 3 aromatic carbocycles. The number of fused-ring (bicyclic) bond motifs is 3. The lowest BCUT2D eigenvalue weighted by molar-refractivity contribution is 0.659. The van der Waals surface area contributed by atoms with Crippen molar-refractivity contribution in [3.8, 4) is 11.1 Å². The molecule has 1 nitrogen and oxygen atoms in total. The van der Waals surface area contributed by atoms with Gasteiger partial charge < -0.3 is 4.90 Å². The molecular formula is C23H23N. The maximum Gasteiger partial charge on any atom is 0.0426 e. The Hall–Kier alpha value is -2.54. The van der Waals surface area contributed by atoms with Crippen molar-refractivity contribution in [3.05, 3.63) is 89.5 Å². The van der Waals surface area contributed by atoms with Gasteiger partial charge in [0.2, 0.25) is 0 Å². The lowest BCUT2D eigenvalue weighted by Gasteiger charge is -2.23. The van der Waals surface area contributed by atoms with E-state index in [2.05, 4.69) is 98.6 Å². The third-order valence-electron chi connectivity index (χ3n) is 5.26. The molecule has 0 radical (unpaired) electrons. The summed E-state index contributed by atoms with van der Waals surface area (Å²) in [7, 11) is 2.16. The van der Waals surface area contributed by atoms with Crippen LogP contribution in [0.2, 0.25) is 0 Å². The predicted octanol–water partition coefficient (Wildman–Crippen LogP) is 5.63. The molecule has 0 aromatic heterocycles. The molecule has 0 saturated carbocycles. The molecule has 1 heteroatoms. The summed E-state index contributed by atoms with van der Waals surface area (Å²) in [6.07, 6.45) is 0. The van der Waals surface area contributed by atoms with Crippen LogP contribution < -0.4 is 4.90 Å². The number of rotatable bonds is 3. The average Bonchev–Trinajstić information content (AvgIpc) is 2.84. The summed E-state index contributed by atoms with van der Waals surface area (Å²) in [6.45, 7) is 5.59. The molecule has 0 unspecified atom stereocenters. The maximum atomic E-state index is 2.40. The molecule has 0 N–H and O–H groups in total. The van der Waals surface area contributed by atoms with E-state index in [9.17, 15) is 0 Å². The third-order valence-corrected chi connectivity index (χ3v) is 5.26. The fourth-order valence-electron chi connectivity index (χ4n) is 3.90. The van der Waals surface area contributed by atoms with Gasteiger partial charge in [0.1, 0.15) is 0 Å². The Labute approximate surface area is 144 Å². The van der Waals surface area contributed by atoms with Crippen LogP contribution in [0.5, 0.6) is 0 Å². The minimum absolute atomic E-state index is 0.0766. The zero-order valence-electron chi connectivity index (χ0n) is 14.6. The molecule has 0 amide bonds. The number of benzene rings is 3. The van der Waals surface area contributed by atoms with Crippen LogP contribution >= 0.6 is 0 Å². The number of hydrogen-bond acceptors (Lipinski definition) is 1. The maximum absolute atomic E-state index is 2.40. The van der Waals surface area contributed by atoms with Gasteiger partial charge in [-0.25, -0.2) is 0 Å². The summed E-state index contributed by atoms with van der Waals surface area (Å²) >= 11 is 0. The minimum atomic E-state index is 0.0766. The smallest absolute Gasteiger partial charge is 0.0426 e. The Balaban J connectivity index is 1.69. The van der Waals surface area contributed by atoms with Gasteiger partial charge in [-0.2, -0.15) is 0 Å². The molecule has 0 atom stereocenters. The molecule has 24 heavy (non-hydrogen) atoms. The fraction of sp³-hybridized carbons (Fsp3) is 0.217. The molecule has 0 heterocycles. The van der Waals surface area contributed by atoms with Crippen molar-refractivity contribution in [2.75, 3.05) is 11.9 Å². The van der Waals surface area contributed by atoms with E-state index in [1.165, 1.54) is 33.5 Å². The van der Waals surface area contributed by atoms with Crippen LogP contribution in [-0.4, -0.2) is 7.05 Å². The monoisotopic (exact) mass is 313 g/mol. The van der Waals surface area contributed by atoms with E-state index >= 15 is 0 Å². The third kappa shape index (κ3) is 2.32. The first kappa shape index (κ1) is 15.0. The van der Waals surface area contributed by atoms with E-state index in [1.54, 1.807) is 0 Å². The SMILES string of the molecule is CN(Cc1ccc2c(c1)C(C)(C)c1ccccc1-2)c1ccccc1. The van der Waals surface area contributed by atoms with Gasteiger partial charge in [0.15, 0.2) is 0 Å². The van der Waals surface area contributed by atoms with Crippen LogP contribution in [0.25, 0.3) is 11.1 Å². The number of para-hydroxylation sites is 1. The lowest BCUT2D eigenvalue weighted by Crippen LogP contribution is -2.18. The van der Waals surface area contributed by atoms with Crippen LogP contribution in [0, 0.1) is 0 Å². The van der Waals surface area contributed by atoms with E-state index in [-0.39, 0.29) is 5.41 Å². The van der Waals surface area contributed by atoms with Crippen LogP contribution in [-0.2, 0) is 12.0 Å². The molecule has 120 valence electrons. The van der Waals surface area contributed by atoms with E-state index in [4.69, 9.17) is 0 Å². The van der Waals surface area contributed by atoms with E-state index in [0.29, 0.717) is 0 Å². The Kier molecular flexibility index (Phi) is 3.45. The van der Waals surface area contributed by atoms with Gasteiger partial charge in [0.05, 0.1) is 0 Å². The van der Waals surface area contributed by atoms with Gasteiger partial charge >= 0.3 is 0 Å². The van der Waals surface area contributed by atoms with Gasteiger partial charge in [0.25, 0.3) is 0 Å². The highest BCUT2D eigenvalue weighted by molar-refractivity contribution is 5.80. The topological polar surface area (TPSA) is 3.24 Å². The second-order valence-electron chi connectivity index (χ2n) is 7.24. The van der Waals surface area contributed by atoms with Crippen LogP contribution in [0.15, 0.2) is 72.8 Å². The number of hydrogen-bond donors (Lipinski definition) is 0. The Morgan fingerprint density at radius 2 is 1.42 bits per heavy atom. The highest BCUT2D eigenvalue weighted by Gasteiger charge is 2.35. The molecule has 0 spiro atoms. The standard InChI is InChI=1S/C23H23N/c1-23(2)21-12-8-7-11-19(21)20-14-13-17(15-22(20)23)16-24(3)18-9-5-4-6-10-18/h4-15H,16H2,1-3H3. The molecule has 1 aliphatic carbocycles. The van der Waals surface area contributed by atoms with Gasteiger partial charge in [-0.05, 0) is 39.9 Å². The first-order valence-corrected chi connectivity index (χ1v) is 8.57. The van der Waals surface area contributed by atoms with Crippen molar-refractivity contribution in [2.24, 2.45) is 0 Å². The molecular weight excluding hydrogens is 290 g/mol. The minimum Gasteiger partial charge on any atom is -0.370 e. The summed E-state index contributed by atoms with van der Waals surface area (Å²) in [5.74, 6) is 0. The van der Waals surface area contributed by atoms with Crippen molar-refractivity contribution in [1.29, 1.82) is 0 Å². The molecule has 0 bridgehead atoms. The van der Waals surface area contributed by atoms with Gasteiger partial charge in [0, 0.05) is 24.7 Å². The normalized spacial score (nSPS) is 14.1. The molecule has 4 rings (SSSR count). The van der Waals surface area contributed by atoms with Gasteiger partial charge in [-0.3, -0.25) is 0 Å². The Morgan fingerprint density at radius 1 is 0.750 bits per heavy atom. The van der Waals surface area contributed by atoms with Gasteiger partial charge in [-0.1, -0.05) is 74.5 Å². The first-order valence-electron chi connectivity index (χ1n) is 8.57. The summed E-state index contributed by atoms with van der Waals surface area (Å²) in [4.78, 5) is 2.30. The molecule has 0 aliphatic heterocycles. The van der Waals surface area contributed by atoms with Crippen molar-refractivity contribution >= 4 is 5.69 Å². The first-order chi connectivity index (χ1) is 11.6. The zero-order chi connectivity index (χ0) is 16.7. The predicted molar refractivity (Wildman–Crippen MR) is 103 cm³/mol.